The average molecular weight is 574 g/mol. The minimum Gasteiger partial charge on any atom is -0.369 e. The van der Waals surface area contributed by atoms with Crippen molar-refractivity contribution in [2.75, 3.05) is 36.9 Å². The number of carbonyl (C=O) groups excluding carboxylic acids is 1. The summed E-state index contributed by atoms with van der Waals surface area (Å²) in [4.78, 5) is 25.6. The van der Waals surface area contributed by atoms with E-state index in [-0.39, 0.29) is 5.91 Å². The molecule has 0 unspecified atom stereocenters. The fourth-order valence-electron chi connectivity index (χ4n) is 6.13. The molecule has 2 N–H and O–H groups in total. The lowest BCUT2D eigenvalue weighted by Gasteiger charge is -2.39. The molecule has 0 saturated carbocycles. The summed E-state index contributed by atoms with van der Waals surface area (Å²) in [5.74, 6) is -0.236. The van der Waals surface area contributed by atoms with Gasteiger partial charge in [0.25, 0.3) is 0 Å². The van der Waals surface area contributed by atoms with Crippen LogP contribution in [0.1, 0.15) is 23.9 Å². The van der Waals surface area contributed by atoms with Gasteiger partial charge in [0, 0.05) is 78.1 Å². The number of hydrogen-bond donors (Lipinski definition) is 2. The smallest absolute Gasteiger partial charge is 0.247 e. The maximum Gasteiger partial charge on any atom is 0.247 e. The van der Waals surface area contributed by atoms with E-state index in [0.29, 0.717) is 6.04 Å². The fourth-order valence-corrected chi connectivity index (χ4v) is 6.13. The van der Waals surface area contributed by atoms with Crippen LogP contribution in [0.4, 0.5) is 11.4 Å². The highest BCUT2D eigenvalue weighted by Gasteiger charge is 2.23. The molecule has 8 heteroatoms. The van der Waals surface area contributed by atoms with Crippen molar-refractivity contribution in [3.8, 4) is 33.5 Å². The first-order valence-corrected chi connectivity index (χ1v) is 14.8. The SMILES string of the molecule is C=CC(=O)Nc1cc(-c2c(-c3ccc(N4CCN(C)[C@H](C)C4)cc3)[nH]c3ncc(-c4c(C)nn(C)c4C)cc23)ccc1C. The Bertz CT molecular complexity index is 1850. The molecular weight excluding hydrogens is 534 g/mol. The molecule has 1 atom stereocenters. The molecule has 1 saturated heterocycles. The van der Waals surface area contributed by atoms with Gasteiger partial charge in [0.2, 0.25) is 5.91 Å². The third-order valence-corrected chi connectivity index (χ3v) is 8.90. The Kier molecular flexibility index (Phi) is 7.40. The van der Waals surface area contributed by atoms with Crippen LogP contribution in [0.3, 0.4) is 0 Å². The molecule has 8 nitrogen and oxygen atoms in total. The number of likely N-dealkylation sites (N-methyl/N-ethyl adjacent to an activating group) is 1. The fraction of sp³-hybridized carbons (Fsp3) is 0.286. The summed E-state index contributed by atoms with van der Waals surface area (Å²) >= 11 is 0. The number of piperazine rings is 1. The van der Waals surface area contributed by atoms with Crippen LogP contribution < -0.4 is 10.2 Å². The van der Waals surface area contributed by atoms with Gasteiger partial charge < -0.3 is 20.1 Å². The maximum absolute atomic E-state index is 12.2. The summed E-state index contributed by atoms with van der Waals surface area (Å²) in [7, 11) is 4.16. The molecule has 220 valence electrons. The van der Waals surface area contributed by atoms with Crippen LogP contribution in [0.2, 0.25) is 0 Å². The number of aromatic amines is 1. The molecular formula is C35H39N7O. The van der Waals surface area contributed by atoms with E-state index in [4.69, 9.17) is 4.98 Å². The van der Waals surface area contributed by atoms with Crippen molar-refractivity contribution in [1.82, 2.24) is 24.6 Å². The first-order valence-electron chi connectivity index (χ1n) is 14.8. The number of rotatable bonds is 6. The Morgan fingerprint density at radius 1 is 1.00 bits per heavy atom. The molecule has 0 radical (unpaired) electrons. The van der Waals surface area contributed by atoms with Gasteiger partial charge in [-0.2, -0.15) is 5.10 Å². The van der Waals surface area contributed by atoms with E-state index in [9.17, 15) is 4.79 Å². The number of pyridine rings is 1. The predicted octanol–water partition coefficient (Wildman–Crippen LogP) is 6.49. The Morgan fingerprint density at radius 3 is 2.42 bits per heavy atom. The zero-order chi connectivity index (χ0) is 30.4. The zero-order valence-electron chi connectivity index (χ0n) is 25.8. The highest BCUT2D eigenvalue weighted by Crippen LogP contribution is 2.41. The number of aryl methyl sites for hydroxylation is 3. The largest absolute Gasteiger partial charge is 0.369 e. The van der Waals surface area contributed by atoms with Gasteiger partial charge in [0.05, 0.1) is 11.4 Å². The van der Waals surface area contributed by atoms with Crippen LogP contribution in [-0.4, -0.2) is 63.3 Å². The molecule has 3 aromatic heterocycles. The number of fused-ring (bicyclic) bond motifs is 1. The van der Waals surface area contributed by atoms with Gasteiger partial charge in [0.15, 0.2) is 0 Å². The van der Waals surface area contributed by atoms with Crippen LogP contribution in [0.25, 0.3) is 44.5 Å². The van der Waals surface area contributed by atoms with E-state index in [2.05, 4.69) is 89.1 Å². The van der Waals surface area contributed by atoms with E-state index < -0.39 is 0 Å². The van der Waals surface area contributed by atoms with E-state index in [1.807, 2.05) is 43.9 Å². The molecule has 1 aliphatic heterocycles. The zero-order valence-corrected chi connectivity index (χ0v) is 25.8. The third kappa shape index (κ3) is 5.23. The second kappa shape index (κ2) is 11.2. The van der Waals surface area contributed by atoms with Crippen molar-refractivity contribution < 1.29 is 4.79 Å². The van der Waals surface area contributed by atoms with Crippen molar-refractivity contribution in [1.29, 1.82) is 0 Å². The van der Waals surface area contributed by atoms with Gasteiger partial charge in [-0.3, -0.25) is 9.48 Å². The highest BCUT2D eigenvalue weighted by molar-refractivity contribution is 6.05. The van der Waals surface area contributed by atoms with E-state index in [0.717, 1.165) is 86.8 Å². The number of H-pyrrole nitrogens is 1. The van der Waals surface area contributed by atoms with Gasteiger partial charge in [0.1, 0.15) is 5.65 Å². The van der Waals surface area contributed by atoms with E-state index in [1.165, 1.54) is 11.8 Å². The van der Waals surface area contributed by atoms with Crippen molar-refractivity contribution in [2.45, 2.75) is 33.7 Å². The molecule has 1 amide bonds. The topological polar surface area (TPSA) is 82.1 Å². The summed E-state index contributed by atoms with van der Waals surface area (Å²) < 4.78 is 1.91. The molecule has 1 aliphatic rings. The van der Waals surface area contributed by atoms with Crippen LogP contribution in [-0.2, 0) is 11.8 Å². The van der Waals surface area contributed by atoms with Gasteiger partial charge in [-0.15, -0.1) is 0 Å². The normalized spacial score (nSPS) is 15.7. The molecule has 0 spiro atoms. The van der Waals surface area contributed by atoms with Crippen molar-refractivity contribution >= 4 is 28.3 Å². The minimum absolute atomic E-state index is 0.236. The Balaban J connectivity index is 1.50. The number of hydrogen-bond acceptors (Lipinski definition) is 5. The number of carbonyl (C=O) groups is 1. The molecule has 2 aromatic carbocycles. The van der Waals surface area contributed by atoms with Gasteiger partial charge in [-0.05, 0) is 81.8 Å². The Hall–Kier alpha value is -4.69. The second-order valence-electron chi connectivity index (χ2n) is 11.7. The summed E-state index contributed by atoms with van der Waals surface area (Å²) in [6.07, 6.45) is 3.21. The summed E-state index contributed by atoms with van der Waals surface area (Å²) in [5, 5.41) is 8.62. The molecule has 0 bridgehead atoms. The summed E-state index contributed by atoms with van der Waals surface area (Å²) in [6, 6.07) is 17.7. The maximum atomic E-state index is 12.2. The lowest BCUT2D eigenvalue weighted by atomic mass is 9.95. The lowest BCUT2D eigenvalue weighted by molar-refractivity contribution is -0.111. The molecule has 1 fully saturated rings. The molecule has 5 aromatic rings. The number of anilines is 2. The first-order chi connectivity index (χ1) is 20.6. The number of aromatic nitrogens is 4. The predicted molar refractivity (Wildman–Crippen MR) is 177 cm³/mol. The van der Waals surface area contributed by atoms with Crippen LogP contribution in [0, 0.1) is 20.8 Å². The van der Waals surface area contributed by atoms with E-state index in [1.54, 1.807) is 0 Å². The Labute approximate surface area is 253 Å². The monoisotopic (exact) mass is 573 g/mol. The van der Waals surface area contributed by atoms with Crippen molar-refractivity contribution in [2.24, 2.45) is 7.05 Å². The highest BCUT2D eigenvalue weighted by atomic mass is 16.1. The first kappa shape index (κ1) is 28.4. The minimum atomic E-state index is -0.236. The molecule has 43 heavy (non-hydrogen) atoms. The van der Waals surface area contributed by atoms with E-state index >= 15 is 0 Å². The quantitative estimate of drug-likeness (QED) is 0.227. The number of amides is 1. The van der Waals surface area contributed by atoms with Crippen molar-refractivity contribution in [3.63, 3.8) is 0 Å². The van der Waals surface area contributed by atoms with Gasteiger partial charge >= 0.3 is 0 Å². The van der Waals surface area contributed by atoms with Gasteiger partial charge in [-0.1, -0.05) is 30.8 Å². The molecule has 6 rings (SSSR count). The van der Waals surface area contributed by atoms with Crippen LogP contribution in [0.15, 0.2) is 67.4 Å². The van der Waals surface area contributed by atoms with Crippen LogP contribution in [0.5, 0.6) is 0 Å². The number of benzene rings is 2. The summed E-state index contributed by atoms with van der Waals surface area (Å²) in [6.45, 7) is 15.1. The third-order valence-electron chi connectivity index (χ3n) is 8.90. The number of nitrogens with one attached hydrogen (secondary N) is 2. The van der Waals surface area contributed by atoms with Crippen molar-refractivity contribution in [3.05, 3.63) is 84.3 Å². The second-order valence-corrected chi connectivity index (χ2v) is 11.7. The average Bonchev–Trinajstić information content (AvgIpc) is 3.50. The number of nitrogens with zero attached hydrogens (tertiary/aromatic N) is 5. The van der Waals surface area contributed by atoms with Crippen LogP contribution >= 0.6 is 0 Å². The van der Waals surface area contributed by atoms with Gasteiger partial charge in [-0.25, -0.2) is 4.98 Å². The Morgan fingerprint density at radius 2 is 1.74 bits per heavy atom. The summed E-state index contributed by atoms with van der Waals surface area (Å²) in [5.41, 5.74) is 12.0. The molecule has 0 aliphatic carbocycles. The standard InChI is InChI=1S/C35H39N7O/c1-8-31(43)37-30-18-26(10-9-21(30)2)33-29-17-27(32-23(4)39-41(7)24(32)5)19-36-35(29)38-34(33)25-11-13-28(14-12-25)42-16-15-40(6)22(3)20-42/h8-14,17-19,22H,1,15-16,20H2,2-7H3,(H,36,38)(H,37,43)/t22-/m1/s1. The lowest BCUT2D eigenvalue weighted by Crippen LogP contribution is -2.50. The molecule has 4 heterocycles.